The first kappa shape index (κ1) is 23.5. The van der Waals surface area contributed by atoms with Gasteiger partial charge in [0.1, 0.15) is 0 Å². The van der Waals surface area contributed by atoms with Crippen LogP contribution in [0.1, 0.15) is 60.3 Å². The van der Waals surface area contributed by atoms with E-state index in [9.17, 15) is 17.6 Å². The van der Waals surface area contributed by atoms with Crippen molar-refractivity contribution in [3.63, 3.8) is 0 Å². The van der Waals surface area contributed by atoms with Crippen LogP contribution in [0.2, 0.25) is 0 Å². The van der Waals surface area contributed by atoms with E-state index in [4.69, 9.17) is 0 Å². The molecule has 0 aromatic carbocycles. The van der Waals surface area contributed by atoms with Gasteiger partial charge in [0.2, 0.25) is 0 Å². The van der Waals surface area contributed by atoms with Gasteiger partial charge in [-0.05, 0) is 42.3 Å². The van der Waals surface area contributed by atoms with Gasteiger partial charge >= 0.3 is 11.8 Å². The third-order valence-corrected chi connectivity index (χ3v) is 4.84. The zero-order valence-electron chi connectivity index (χ0n) is 15.5. The first-order valence-electron chi connectivity index (χ1n) is 8.57. The summed E-state index contributed by atoms with van der Waals surface area (Å²) in [5.74, 6) is -9.64. The van der Waals surface area contributed by atoms with Crippen LogP contribution in [-0.2, 0) is 0 Å². The van der Waals surface area contributed by atoms with E-state index in [1.807, 2.05) is 20.8 Å². The van der Waals surface area contributed by atoms with Crippen LogP contribution in [0.25, 0.3) is 0 Å². The fourth-order valence-corrected chi connectivity index (χ4v) is 2.59. The molecule has 0 aliphatic heterocycles. The van der Waals surface area contributed by atoms with Gasteiger partial charge in [-0.1, -0.05) is 54.2 Å². The van der Waals surface area contributed by atoms with E-state index in [1.54, 1.807) is 0 Å². The van der Waals surface area contributed by atoms with Gasteiger partial charge in [0, 0.05) is 11.1 Å². The molecule has 0 amide bonds. The molecule has 0 N–H and O–H groups in total. The highest BCUT2D eigenvalue weighted by Gasteiger charge is 2.60. The van der Waals surface area contributed by atoms with E-state index in [-0.39, 0.29) is 5.25 Å². The predicted octanol–water partition coefficient (Wildman–Crippen LogP) is 7.18. The molecule has 24 heavy (non-hydrogen) atoms. The van der Waals surface area contributed by atoms with Crippen molar-refractivity contribution in [3.05, 3.63) is 24.3 Å². The van der Waals surface area contributed by atoms with E-state index in [0.29, 0.717) is 31.6 Å². The number of hydrogen-bond donors (Lipinski definition) is 1. The number of hydrogen-bond acceptors (Lipinski definition) is 1. The van der Waals surface area contributed by atoms with Crippen LogP contribution >= 0.6 is 12.6 Å². The van der Waals surface area contributed by atoms with Crippen molar-refractivity contribution in [2.45, 2.75) is 77.4 Å². The summed E-state index contributed by atoms with van der Waals surface area (Å²) in [5, 5.41) is 0.0282. The Morgan fingerprint density at radius 2 is 1.08 bits per heavy atom. The van der Waals surface area contributed by atoms with E-state index in [2.05, 4.69) is 25.8 Å². The van der Waals surface area contributed by atoms with E-state index in [0.717, 1.165) is 0 Å². The Bertz CT molecular complexity index is 387. The molecule has 0 saturated heterocycles. The molecule has 0 heterocycles. The maximum atomic E-state index is 14.5. The fraction of sp³-hybridized carbons (Fsp3) is 0.789. The third-order valence-electron chi connectivity index (χ3n) is 4.59. The Labute approximate surface area is 150 Å². The van der Waals surface area contributed by atoms with Crippen molar-refractivity contribution >= 4 is 12.6 Å². The Hall–Kier alpha value is -0.450. The minimum absolute atomic E-state index is 0.0282. The highest BCUT2D eigenvalue weighted by molar-refractivity contribution is 7.80. The van der Waals surface area contributed by atoms with Gasteiger partial charge in [-0.2, -0.15) is 30.2 Å². The van der Waals surface area contributed by atoms with Gasteiger partial charge in [-0.3, -0.25) is 0 Å². The summed E-state index contributed by atoms with van der Waals surface area (Å²) in [7, 11) is 0. The zero-order chi connectivity index (χ0) is 19.3. The van der Waals surface area contributed by atoms with Gasteiger partial charge in [0.25, 0.3) is 0 Å². The monoisotopic (exact) mass is 368 g/mol. The highest BCUT2D eigenvalue weighted by atomic mass is 32.1. The molecule has 0 saturated carbocycles. The Balaban J connectivity index is 5.13. The molecule has 0 nitrogen and oxygen atoms in total. The lowest BCUT2D eigenvalue weighted by Gasteiger charge is -2.34. The van der Waals surface area contributed by atoms with Crippen molar-refractivity contribution in [1.29, 1.82) is 0 Å². The molecule has 3 atom stereocenters. The maximum Gasteiger partial charge on any atom is 0.335 e. The molecular weight excluding hydrogens is 336 g/mol. The number of thiol groups is 1. The molecule has 0 radical (unpaired) electrons. The van der Waals surface area contributed by atoms with Gasteiger partial charge < -0.3 is 0 Å². The molecule has 0 bridgehead atoms. The van der Waals surface area contributed by atoms with Crippen LogP contribution in [0.3, 0.4) is 0 Å². The molecule has 0 aliphatic rings. The number of halogens is 4. The average molecular weight is 369 g/mol. The van der Waals surface area contributed by atoms with E-state index in [1.165, 1.54) is 13.8 Å². The molecule has 3 unspecified atom stereocenters. The van der Waals surface area contributed by atoms with Crippen LogP contribution < -0.4 is 0 Å². The minimum Gasteiger partial charge on any atom is -0.194 e. The largest absolute Gasteiger partial charge is 0.335 e. The second-order valence-electron chi connectivity index (χ2n) is 7.40. The number of rotatable bonds is 11. The summed E-state index contributed by atoms with van der Waals surface area (Å²) in [6.07, 6.45) is 2.03. The summed E-state index contributed by atoms with van der Waals surface area (Å²) in [6.45, 7) is 15.4. The topological polar surface area (TPSA) is 0 Å². The van der Waals surface area contributed by atoms with Crippen molar-refractivity contribution in [2.75, 3.05) is 0 Å². The quantitative estimate of drug-likeness (QED) is 0.223. The molecular formula is C19H32F4S. The summed E-state index contributed by atoms with van der Waals surface area (Å²) in [4.78, 5) is 0. The third kappa shape index (κ3) is 6.12. The van der Waals surface area contributed by atoms with Crippen LogP contribution in [0.4, 0.5) is 17.6 Å². The van der Waals surface area contributed by atoms with Gasteiger partial charge in [-0.25, -0.2) is 0 Å². The lowest BCUT2D eigenvalue weighted by Crippen LogP contribution is -2.46. The molecule has 0 aromatic heterocycles. The number of allylic oxidation sites excluding steroid dienone is 2. The van der Waals surface area contributed by atoms with E-state index >= 15 is 0 Å². The first-order valence-corrected chi connectivity index (χ1v) is 9.08. The maximum absolute atomic E-state index is 14.5. The summed E-state index contributed by atoms with van der Waals surface area (Å²) in [6, 6.07) is 0. The van der Waals surface area contributed by atoms with Gasteiger partial charge in [0.15, 0.2) is 0 Å². The summed E-state index contributed by atoms with van der Waals surface area (Å²) < 4.78 is 57.8. The van der Waals surface area contributed by atoms with Crippen LogP contribution in [-0.4, -0.2) is 17.1 Å². The van der Waals surface area contributed by atoms with Crippen LogP contribution in [0.15, 0.2) is 24.3 Å². The van der Waals surface area contributed by atoms with Crippen molar-refractivity contribution in [1.82, 2.24) is 0 Å². The van der Waals surface area contributed by atoms with E-state index < -0.39 is 34.8 Å². The normalized spacial score (nSPS) is 16.8. The molecule has 5 heteroatoms. The smallest absolute Gasteiger partial charge is 0.194 e. The Morgan fingerprint density at radius 1 is 0.750 bits per heavy atom. The van der Waals surface area contributed by atoms with Gasteiger partial charge in [0.05, 0.1) is 0 Å². The Morgan fingerprint density at radius 3 is 1.38 bits per heavy atom. The molecule has 142 valence electrons. The average Bonchev–Trinajstić information content (AvgIpc) is 2.47. The standard InChI is InChI=1S/C19H32F4S/c1-12(2)8-9-13(3)16(6)18(20,21)19(22,23)17(7)14(4)10-11-15(5)24/h12-15,24H,6-11H2,1-5H3. The first-order chi connectivity index (χ1) is 10.7. The minimum atomic E-state index is -4.30. The van der Waals surface area contributed by atoms with Gasteiger partial charge in [-0.15, -0.1) is 0 Å². The van der Waals surface area contributed by atoms with Crippen LogP contribution in [0, 0.1) is 17.8 Å². The van der Waals surface area contributed by atoms with Crippen LogP contribution in [0.5, 0.6) is 0 Å². The van der Waals surface area contributed by atoms with Crippen molar-refractivity contribution in [3.8, 4) is 0 Å². The number of alkyl halides is 4. The predicted molar refractivity (Wildman–Crippen MR) is 98.3 cm³/mol. The SMILES string of the molecule is C=C(C(C)CCC(C)C)C(F)(F)C(F)(F)C(=C)C(C)CCC(C)S. The zero-order valence-corrected chi connectivity index (χ0v) is 16.4. The fourth-order valence-electron chi connectivity index (χ4n) is 2.45. The van der Waals surface area contributed by atoms with Crippen molar-refractivity contribution in [2.24, 2.45) is 17.8 Å². The molecule has 0 rings (SSSR count). The lowest BCUT2D eigenvalue weighted by atomic mass is 9.82. The lowest BCUT2D eigenvalue weighted by molar-refractivity contribution is -0.168. The van der Waals surface area contributed by atoms with Crippen molar-refractivity contribution < 1.29 is 17.6 Å². The molecule has 0 aromatic rings. The Kier molecular flexibility index (Phi) is 9.13. The molecule has 0 fully saturated rings. The molecule has 0 spiro atoms. The second-order valence-corrected chi connectivity index (χ2v) is 8.28. The second kappa shape index (κ2) is 9.30. The molecule has 0 aliphatic carbocycles. The summed E-state index contributed by atoms with van der Waals surface area (Å²) >= 11 is 4.19. The highest BCUT2D eigenvalue weighted by Crippen LogP contribution is 2.48. The summed E-state index contributed by atoms with van der Waals surface area (Å²) in [5.41, 5.74) is -1.43.